The highest BCUT2D eigenvalue weighted by Gasteiger charge is 2.20. The number of sulfonamides is 1. The largest absolute Gasteiger partial charge is 0.279 e. The molecule has 2 aromatic carbocycles. The van der Waals surface area contributed by atoms with Crippen LogP contribution in [0.3, 0.4) is 0 Å². The Labute approximate surface area is 141 Å². The second kappa shape index (κ2) is 6.21. The van der Waals surface area contributed by atoms with Gasteiger partial charge in [-0.2, -0.15) is 0 Å². The first kappa shape index (κ1) is 16.7. The van der Waals surface area contributed by atoms with Gasteiger partial charge in [0.2, 0.25) is 0 Å². The summed E-state index contributed by atoms with van der Waals surface area (Å²) in [5, 5.41) is 10.9. The molecule has 0 aliphatic heterocycles. The predicted molar refractivity (Wildman–Crippen MR) is 92.5 cm³/mol. The Morgan fingerprint density at radius 1 is 1.09 bits per heavy atom. The average Bonchev–Trinajstić information content (AvgIpc) is 2.42. The van der Waals surface area contributed by atoms with E-state index >= 15 is 0 Å². The first-order chi connectivity index (χ1) is 10.2. The number of nitro benzene ring substituents is 1. The van der Waals surface area contributed by atoms with Crippen LogP contribution in [-0.4, -0.2) is 13.3 Å². The first-order valence-corrected chi connectivity index (χ1v) is 8.81. The van der Waals surface area contributed by atoms with Gasteiger partial charge >= 0.3 is 0 Å². The molecule has 0 saturated carbocycles. The number of aryl methyl sites for hydroxylation is 2. The fourth-order valence-electron chi connectivity index (χ4n) is 1.90. The molecule has 0 spiro atoms. The lowest BCUT2D eigenvalue weighted by Crippen LogP contribution is -2.14. The molecule has 1 N–H and O–H groups in total. The van der Waals surface area contributed by atoms with Crippen molar-refractivity contribution in [3.8, 4) is 0 Å². The number of hydrogen-bond donors (Lipinski definition) is 1. The van der Waals surface area contributed by atoms with Crippen LogP contribution in [0.25, 0.3) is 0 Å². The lowest BCUT2D eigenvalue weighted by molar-refractivity contribution is -0.385. The summed E-state index contributed by atoms with van der Waals surface area (Å²) in [5.74, 6) is 0. The molecule has 22 heavy (non-hydrogen) atoms. The second-order valence-electron chi connectivity index (χ2n) is 4.77. The van der Waals surface area contributed by atoms with Crippen molar-refractivity contribution < 1.29 is 13.3 Å². The number of halogens is 1. The summed E-state index contributed by atoms with van der Waals surface area (Å²) in [4.78, 5) is 10.2. The molecule has 6 nitrogen and oxygen atoms in total. The SMILES string of the molecule is Cc1cc(I)ccc1NS(=O)(=O)c1ccc(C)c([N+](=O)[O-])c1. The average molecular weight is 432 g/mol. The fourth-order valence-corrected chi connectivity index (χ4v) is 3.70. The van der Waals surface area contributed by atoms with Crippen LogP contribution in [0.1, 0.15) is 11.1 Å². The van der Waals surface area contributed by atoms with Gasteiger partial charge in [0.15, 0.2) is 0 Å². The quantitative estimate of drug-likeness (QED) is 0.454. The van der Waals surface area contributed by atoms with Crippen molar-refractivity contribution in [3.05, 3.63) is 61.2 Å². The van der Waals surface area contributed by atoms with Crippen molar-refractivity contribution in [2.24, 2.45) is 0 Å². The van der Waals surface area contributed by atoms with E-state index in [1.165, 1.54) is 12.1 Å². The third kappa shape index (κ3) is 3.55. The van der Waals surface area contributed by atoms with Gasteiger partial charge in [-0.25, -0.2) is 8.42 Å². The zero-order chi connectivity index (χ0) is 16.5. The van der Waals surface area contributed by atoms with Crippen molar-refractivity contribution in [2.45, 2.75) is 18.7 Å². The van der Waals surface area contributed by atoms with E-state index in [0.717, 1.165) is 15.2 Å². The molecule has 0 aromatic heterocycles. The lowest BCUT2D eigenvalue weighted by Gasteiger charge is -2.11. The highest BCUT2D eigenvalue weighted by Crippen LogP contribution is 2.25. The molecule has 0 fully saturated rings. The zero-order valence-electron chi connectivity index (χ0n) is 11.8. The van der Waals surface area contributed by atoms with Crippen LogP contribution in [0.2, 0.25) is 0 Å². The van der Waals surface area contributed by atoms with E-state index in [4.69, 9.17) is 0 Å². The van der Waals surface area contributed by atoms with Crippen LogP contribution in [-0.2, 0) is 10.0 Å². The molecule has 0 aliphatic rings. The van der Waals surface area contributed by atoms with Crippen LogP contribution >= 0.6 is 22.6 Å². The van der Waals surface area contributed by atoms with Gasteiger partial charge in [0.05, 0.1) is 15.5 Å². The minimum Gasteiger partial charge on any atom is -0.279 e. The Hall–Kier alpha value is -1.68. The first-order valence-electron chi connectivity index (χ1n) is 6.25. The van der Waals surface area contributed by atoms with E-state index in [1.807, 2.05) is 6.07 Å². The molecule has 8 heteroatoms. The van der Waals surface area contributed by atoms with E-state index in [9.17, 15) is 18.5 Å². The van der Waals surface area contributed by atoms with Gasteiger partial charge in [-0.3, -0.25) is 14.8 Å². The molecular weight excluding hydrogens is 419 g/mol. The van der Waals surface area contributed by atoms with Crippen molar-refractivity contribution in [2.75, 3.05) is 4.72 Å². The predicted octanol–water partition coefficient (Wildman–Crippen LogP) is 3.62. The summed E-state index contributed by atoms with van der Waals surface area (Å²) < 4.78 is 28.2. The Balaban J connectivity index is 2.42. The van der Waals surface area contributed by atoms with Crippen LogP contribution in [0.5, 0.6) is 0 Å². The lowest BCUT2D eigenvalue weighted by atomic mass is 10.2. The molecule has 0 amide bonds. The number of nitro groups is 1. The number of nitrogens with zero attached hydrogens (tertiary/aromatic N) is 1. The van der Waals surface area contributed by atoms with Crippen molar-refractivity contribution in [3.63, 3.8) is 0 Å². The van der Waals surface area contributed by atoms with Gasteiger partial charge in [-0.05, 0) is 66.3 Å². The molecule has 0 radical (unpaired) electrons. The van der Waals surface area contributed by atoms with Crippen molar-refractivity contribution >= 4 is 44.0 Å². The summed E-state index contributed by atoms with van der Waals surface area (Å²) >= 11 is 2.13. The van der Waals surface area contributed by atoms with E-state index in [1.54, 1.807) is 26.0 Å². The highest BCUT2D eigenvalue weighted by atomic mass is 127. The third-order valence-electron chi connectivity index (χ3n) is 3.12. The Morgan fingerprint density at radius 3 is 2.36 bits per heavy atom. The van der Waals surface area contributed by atoms with E-state index < -0.39 is 14.9 Å². The second-order valence-corrected chi connectivity index (χ2v) is 7.70. The Morgan fingerprint density at radius 2 is 1.77 bits per heavy atom. The summed E-state index contributed by atoms with van der Waals surface area (Å²) in [5.41, 5.74) is 1.41. The fraction of sp³-hybridized carbons (Fsp3) is 0.143. The number of rotatable bonds is 4. The number of benzene rings is 2. The number of anilines is 1. The van der Waals surface area contributed by atoms with Crippen LogP contribution in [0.15, 0.2) is 41.3 Å². The van der Waals surface area contributed by atoms with Gasteiger partial charge in [-0.15, -0.1) is 0 Å². The normalized spacial score (nSPS) is 11.2. The monoisotopic (exact) mass is 432 g/mol. The minimum absolute atomic E-state index is 0.136. The summed E-state index contributed by atoms with van der Waals surface area (Å²) in [6, 6.07) is 9.14. The maximum Gasteiger partial charge on any atom is 0.273 e. The summed E-state index contributed by atoms with van der Waals surface area (Å²) in [7, 11) is -3.88. The van der Waals surface area contributed by atoms with Gasteiger partial charge < -0.3 is 0 Å². The zero-order valence-corrected chi connectivity index (χ0v) is 14.8. The van der Waals surface area contributed by atoms with E-state index in [2.05, 4.69) is 27.3 Å². The molecule has 0 bridgehead atoms. The molecule has 0 unspecified atom stereocenters. The number of nitrogens with one attached hydrogen (secondary N) is 1. The molecule has 116 valence electrons. The number of hydrogen-bond acceptors (Lipinski definition) is 4. The summed E-state index contributed by atoms with van der Waals surface area (Å²) in [6.45, 7) is 3.35. The molecular formula is C14H13IN2O4S. The van der Waals surface area contributed by atoms with E-state index in [0.29, 0.717) is 11.3 Å². The van der Waals surface area contributed by atoms with Gasteiger partial charge in [0.1, 0.15) is 0 Å². The molecule has 0 atom stereocenters. The highest BCUT2D eigenvalue weighted by molar-refractivity contribution is 14.1. The van der Waals surface area contributed by atoms with Crippen molar-refractivity contribution in [1.82, 2.24) is 0 Å². The molecule has 0 saturated heterocycles. The Bertz CT molecular complexity index is 850. The third-order valence-corrected chi connectivity index (χ3v) is 5.15. The van der Waals surface area contributed by atoms with Crippen LogP contribution in [0, 0.1) is 27.5 Å². The van der Waals surface area contributed by atoms with Crippen LogP contribution < -0.4 is 4.72 Å². The maximum atomic E-state index is 12.4. The van der Waals surface area contributed by atoms with Gasteiger partial charge in [0.25, 0.3) is 15.7 Å². The Kier molecular flexibility index (Phi) is 4.71. The minimum atomic E-state index is -3.88. The molecule has 2 aromatic rings. The van der Waals surface area contributed by atoms with Gasteiger partial charge in [-0.1, -0.05) is 6.07 Å². The molecule has 2 rings (SSSR count). The smallest absolute Gasteiger partial charge is 0.273 e. The van der Waals surface area contributed by atoms with Crippen LogP contribution in [0.4, 0.5) is 11.4 Å². The molecule has 0 aliphatic carbocycles. The maximum absolute atomic E-state index is 12.4. The molecule has 0 heterocycles. The van der Waals surface area contributed by atoms with E-state index in [-0.39, 0.29) is 10.6 Å². The van der Waals surface area contributed by atoms with Gasteiger partial charge in [0, 0.05) is 15.2 Å². The topological polar surface area (TPSA) is 89.3 Å². The van der Waals surface area contributed by atoms with Crippen molar-refractivity contribution in [1.29, 1.82) is 0 Å². The summed E-state index contributed by atoms with van der Waals surface area (Å²) in [6.07, 6.45) is 0. The standard InChI is InChI=1S/C14H13IN2O4S/c1-9-3-5-12(8-14(9)17(18)19)22(20,21)16-13-6-4-11(15)7-10(13)2/h3-8,16H,1-2H3.